The fourth-order valence-electron chi connectivity index (χ4n) is 2.15. The van der Waals surface area contributed by atoms with Crippen LogP contribution < -0.4 is 15.2 Å². The molecule has 122 valence electrons. The molecule has 7 heteroatoms. The number of nitrogens with two attached hydrogens (primary N) is 1. The second-order valence-electron chi connectivity index (χ2n) is 4.71. The summed E-state index contributed by atoms with van der Waals surface area (Å²) in [6.07, 6.45) is 1.63. The van der Waals surface area contributed by atoms with Crippen LogP contribution >= 0.6 is 0 Å². The number of benzene rings is 1. The number of aromatic nitrogens is 2. The van der Waals surface area contributed by atoms with E-state index in [0.717, 1.165) is 5.56 Å². The smallest absolute Gasteiger partial charge is 0.163 e. The van der Waals surface area contributed by atoms with Gasteiger partial charge < -0.3 is 15.2 Å². The Balaban J connectivity index is 2.46. The Hall–Kier alpha value is -3.45. The summed E-state index contributed by atoms with van der Waals surface area (Å²) in [7, 11) is 0. The van der Waals surface area contributed by atoms with Crippen LogP contribution in [0.5, 0.6) is 11.5 Å². The summed E-state index contributed by atoms with van der Waals surface area (Å²) < 4.78 is 11.1. The number of nitrogen functional groups attached to an aromatic ring is 1. The van der Waals surface area contributed by atoms with Crippen LogP contribution in [0.15, 0.2) is 18.2 Å². The Morgan fingerprint density at radius 2 is 1.96 bits per heavy atom. The molecular weight excluding hydrogens is 306 g/mol. The third-order valence-corrected chi connectivity index (χ3v) is 3.17. The first-order chi connectivity index (χ1) is 11.6. The molecule has 24 heavy (non-hydrogen) atoms. The molecule has 0 saturated heterocycles. The van der Waals surface area contributed by atoms with Gasteiger partial charge >= 0.3 is 0 Å². The molecule has 0 unspecified atom stereocenters. The molecule has 0 amide bonds. The fraction of sp³-hybridized carbons (Fsp3) is 0.235. The molecule has 0 fully saturated rings. The third kappa shape index (κ3) is 3.47. The lowest BCUT2D eigenvalue weighted by molar-refractivity contribution is 0.287. The maximum atomic E-state index is 9.41. The summed E-state index contributed by atoms with van der Waals surface area (Å²) in [5.41, 5.74) is 7.05. The second-order valence-corrected chi connectivity index (χ2v) is 4.71. The number of hydrogen-bond acceptors (Lipinski definition) is 6. The lowest BCUT2D eigenvalue weighted by atomic mass is 10.1. The molecule has 0 saturated carbocycles. The van der Waals surface area contributed by atoms with Crippen molar-refractivity contribution in [3.8, 4) is 23.6 Å². The molecule has 0 aliphatic rings. The van der Waals surface area contributed by atoms with Crippen LogP contribution in [0.2, 0.25) is 0 Å². The van der Waals surface area contributed by atoms with Crippen molar-refractivity contribution in [2.45, 2.75) is 13.8 Å². The van der Waals surface area contributed by atoms with Crippen LogP contribution in [-0.4, -0.2) is 23.4 Å². The van der Waals surface area contributed by atoms with E-state index in [4.69, 9.17) is 20.5 Å². The fourth-order valence-corrected chi connectivity index (χ4v) is 2.15. The Morgan fingerprint density at radius 3 is 2.58 bits per heavy atom. The topological polar surface area (TPSA) is 121 Å². The largest absolute Gasteiger partial charge is 0.490 e. The van der Waals surface area contributed by atoms with Gasteiger partial charge in [0.25, 0.3) is 0 Å². The van der Waals surface area contributed by atoms with Crippen molar-refractivity contribution < 1.29 is 9.47 Å². The Labute approximate surface area is 139 Å². The Morgan fingerprint density at radius 1 is 1.25 bits per heavy atom. The number of rotatable bonds is 6. The summed E-state index contributed by atoms with van der Waals surface area (Å²) in [6.45, 7) is 4.79. The minimum atomic E-state index is 0.0651. The average molecular weight is 323 g/mol. The van der Waals surface area contributed by atoms with Crippen LogP contribution in [0.3, 0.4) is 0 Å². The van der Waals surface area contributed by atoms with Gasteiger partial charge in [-0.1, -0.05) is 6.07 Å². The van der Waals surface area contributed by atoms with Crippen molar-refractivity contribution in [3.05, 3.63) is 35.0 Å². The monoisotopic (exact) mass is 323 g/mol. The predicted octanol–water partition coefficient (Wildman–Crippen LogP) is 2.73. The summed E-state index contributed by atoms with van der Waals surface area (Å²) in [4.78, 5) is 0. The molecule has 0 aliphatic carbocycles. The number of H-pyrrole nitrogens is 1. The molecule has 0 radical (unpaired) electrons. The number of nitrogens with zero attached hydrogens (tertiary/aromatic N) is 3. The number of hydrogen-bond donors (Lipinski definition) is 2. The highest BCUT2D eigenvalue weighted by Crippen LogP contribution is 2.30. The number of nitrogens with one attached hydrogen (secondary N) is 1. The molecule has 1 aromatic carbocycles. The minimum Gasteiger partial charge on any atom is -0.490 e. The number of aromatic amines is 1. The molecule has 0 spiro atoms. The highest BCUT2D eigenvalue weighted by Gasteiger charge is 2.15. The number of nitriles is 2. The van der Waals surface area contributed by atoms with Gasteiger partial charge in [0, 0.05) is 0 Å². The van der Waals surface area contributed by atoms with Crippen molar-refractivity contribution in [1.82, 2.24) is 10.2 Å². The first-order valence-corrected chi connectivity index (χ1v) is 7.40. The van der Waals surface area contributed by atoms with Gasteiger partial charge in [0.1, 0.15) is 17.7 Å². The molecule has 1 aromatic heterocycles. The van der Waals surface area contributed by atoms with Gasteiger partial charge in [-0.05, 0) is 37.6 Å². The Kier molecular flexibility index (Phi) is 5.43. The van der Waals surface area contributed by atoms with E-state index in [1.807, 2.05) is 19.9 Å². The highest BCUT2D eigenvalue weighted by molar-refractivity contribution is 5.91. The molecule has 2 rings (SSSR count). The van der Waals surface area contributed by atoms with Crippen molar-refractivity contribution in [1.29, 1.82) is 10.5 Å². The zero-order valence-corrected chi connectivity index (χ0v) is 13.5. The zero-order valence-electron chi connectivity index (χ0n) is 13.5. The molecule has 3 N–H and O–H groups in total. The van der Waals surface area contributed by atoms with Gasteiger partial charge in [-0.3, -0.25) is 5.10 Å². The minimum absolute atomic E-state index is 0.0651. The molecule has 0 bridgehead atoms. The normalized spacial score (nSPS) is 10.8. The van der Waals surface area contributed by atoms with E-state index < -0.39 is 0 Å². The van der Waals surface area contributed by atoms with Gasteiger partial charge in [0.2, 0.25) is 0 Å². The summed E-state index contributed by atoms with van der Waals surface area (Å²) >= 11 is 0. The van der Waals surface area contributed by atoms with Crippen LogP contribution in [0.1, 0.15) is 30.7 Å². The van der Waals surface area contributed by atoms with Crippen LogP contribution in [0.4, 0.5) is 5.82 Å². The SMILES string of the molecule is CCOc1ccc(/C=C(\C#N)c2[nH]nc(N)c2C#N)cc1OCC. The van der Waals surface area contributed by atoms with Crippen molar-refractivity contribution in [3.63, 3.8) is 0 Å². The van der Waals surface area contributed by atoms with Crippen molar-refractivity contribution >= 4 is 17.5 Å². The maximum Gasteiger partial charge on any atom is 0.163 e. The molecule has 0 atom stereocenters. The summed E-state index contributed by atoms with van der Waals surface area (Å²) in [6, 6.07) is 9.36. The third-order valence-electron chi connectivity index (χ3n) is 3.17. The second kappa shape index (κ2) is 7.70. The van der Waals surface area contributed by atoms with E-state index in [-0.39, 0.29) is 17.0 Å². The van der Waals surface area contributed by atoms with E-state index in [1.54, 1.807) is 24.3 Å². The first kappa shape index (κ1) is 16.9. The molecule has 1 heterocycles. The van der Waals surface area contributed by atoms with E-state index in [0.29, 0.717) is 30.4 Å². The molecular formula is C17H17N5O2. The first-order valence-electron chi connectivity index (χ1n) is 7.40. The number of ether oxygens (including phenoxy) is 2. The lowest BCUT2D eigenvalue weighted by Gasteiger charge is -2.11. The van der Waals surface area contributed by atoms with Crippen LogP contribution in [-0.2, 0) is 0 Å². The van der Waals surface area contributed by atoms with E-state index in [2.05, 4.69) is 16.3 Å². The molecule has 2 aromatic rings. The van der Waals surface area contributed by atoms with E-state index in [9.17, 15) is 5.26 Å². The van der Waals surface area contributed by atoms with Gasteiger partial charge in [-0.25, -0.2) is 0 Å². The van der Waals surface area contributed by atoms with Gasteiger partial charge in [-0.15, -0.1) is 0 Å². The van der Waals surface area contributed by atoms with Gasteiger partial charge in [-0.2, -0.15) is 15.6 Å². The number of anilines is 1. The Bertz CT molecular complexity index is 840. The van der Waals surface area contributed by atoms with E-state index >= 15 is 0 Å². The van der Waals surface area contributed by atoms with E-state index in [1.165, 1.54) is 0 Å². The lowest BCUT2D eigenvalue weighted by Crippen LogP contribution is -1.98. The maximum absolute atomic E-state index is 9.41. The molecule has 7 nitrogen and oxygen atoms in total. The van der Waals surface area contributed by atoms with Crippen molar-refractivity contribution in [2.24, 2.45) is 0 Å². The summed E-state index contributed by atoms with van der Waals surface area (Å²) in [5.74, 6) is 1.30. The number of allylic oxidation sites excluding steroid dienone is 1. The zero-order chi connectivity index (χ0) is 17.5. The summed E-state index contributed by atoms with van der Waals surface area (Å²) in [5, 5.41) is 25.0. The van der Waals surface area contributed by atoms with Crippen molar-refractivity contribution in [2.75, 3.05) is 18.9 Å². The predicted molar refractivity (Wildman–Crippen MR) is 90.0 cm³/mol. The van der Waals surface area contributed by atoms with Gasteiger partial charge in [0.05, 0.1) is 24.5 Å². The molecule has 0 aliphatic heterocycles. The van der Waals surface area contributed by atoms with Gasteiger partial charge in [0.15, 0.2) is 17.3 Å². The van der Waals surface area contributed by atoms with Crippen LogP contribution in [0.25, 0.3) is 11.6 Å². The van der Waals surface area contributed by atoms with Crippen LogP contribution in [0, 0.1) is 22.7 Å². The standard InChI is InChI=1S/C17H17N5O2/c1-3-23-14-6-5-11(8-15(14)24-4-2)7-12(9-18)16-13(10-19)17(20)22-21-16/h5-8H,3-4H2,1-2H3,(H3,20,21,22)/b12-7+. The highest BCUT2D eigenvalue weighted by atomic mass is 16.5. The quantitative estimate of drug-likeness (QED) is 0.788. The average Bonchev–Trinajstić information content (AvgIpc) is 2.95.